The van der Waals surface area contributed by atoms with Crippen molar-refractivity contribution in [1.29, 1.82) is 0 Å². The third-order valence-corrected chi connectivity index (χ3v) is 8.13. The number of benzene rings is 3. The summed E-state index contributed by atoms with van der Waals surface area (Å²) >= 11 is 1.73. The van der Waals surface area contributed by atoms with Gasteiger partial charge in [-0.05, 0) is 68.7 Å². The fourth-order valence-electron chi connectivity index (χ4n) is 3.69. The summed E-state index contributed by atoms with van der Waals surface area (Å²) in [5, 5.41) is 2.88. The van der Waals surface area contributed by atoms with E-state index in [0.29, 0.717) is 12.2 Å². The number of hydrogen-bond acceptors (Lipinski definition) is 4. The van der Waals surface area contributed by atoms with E-state index in [-0.39, 0.29) is 17.3 Å². The third kappa shape index (κ3) is 7.11. The van der Waals surface area contributed by atoms with Crippen molar-refractivity contribution in [3.8, 4) is 0 Å². The summed E-state index contributed by atoms with van der Waals surface area (Å²) < 4.78 is 28.2. The van der Waals surface area contributed by atoms with Gasteiger partial charge in [0.1, 0.15) is 6.54 Å². The van der Waals surface area contributed by atoms with Crippen LogP contribution in [-0.4, -0.2) is 33.2 Å². The number of nitrogens with one attached hydrogen (secondary N) is 1. The number of aryl methyl sites for hydroxylation is 4. The fourth-order valence-corrected chi connectivity index (χ4v) is 5.90. The number of anilines is 1. The molecule has 1 amide bonds. The molecule has 0 saturated heterocycles. The summed E-state index contributed by atoms with van der Waals surface area (Å²) in [4.78, 5) is 12.9. The number of sulfonamides is 1. The van der Waals surface area contributed by atoms with Gasteiger partial charge in [0.15, 0.2) is 0 Å². The number of carbonyl (C=O) groups is 1. The Morgan fingerprint density at radius 1 is 0.853 bits per heavy atom. The molecule has 0 aliphatic rings. The Labute approximate surface area is 207 Å². The van der Waals surface area contributed by atoms with Gasteiger partial charge in [-0.3, -0.25) is 9.10 Å². The molecule has 0 bridgehead atoms. The lowest BCUT2D eigenvalue weighted by molar-refractivity contribution is -0.119. The Morgan fingerprint density at radius 3 is 2.18 bits per heavy atom. The van der Waals surface area contributed by atoms with E-state index < -0.39 is 10.0 Å². The number of rotatable bonds is 10. The monoisotopic (exact) mass is 496 g/mol. The maximum atomic E-state index is 13.5. The van der Waals surface area contributed by atoms with E-state index in [1.807, 2.05) is 32.9 Å². The lowest BCUT2D eigenvalue weighted by atomic mass is 10.1. The molecule has 0 aliphatic carbocycles. The minimum Gasteiger partial charge on any atom is -0.354 e. The number of thioether (sulfide) groups is 1. The summed E-state index contributed by atoms with van der Waals surface area (Å²) in [6, 6.07) is 20.6. The van der Waals surface area contributed by atoms with Crippen LogP contribution in [0.2, 0.25) is 0 Å². The van der Waals surface area contributed by atoms with E-state index in [9.17, 15) is 13.2 Å². The summed E-state index contributed by atoms with van der Waals surface area (Å²) in [5.74, 6) is 1.29. The van der Waals surface area contributed by atoms with Gasteiger partial charge < -0.3 is 5.32 Å². The maximum Gasteiger partial charge on any atom is 0.264 e. The quantitative estimate of drug-likeness (QED) is 0.394. The van der Waals surface area contributed by atoms with Crippen molar-refractivity contribution < 1.29 is 13.2 Å². The largest absolute Gasteiger partial charge is 0.354 e. The van der Waals surface area contributed by atoms with Gasteiger partial charge in [-0.15, -0.1) is 0 Å². The van der Waals surface area contributed by atoms with Crippen molar-refractivity contribution in [3.05, 3.63) is 94.5 Å². The van der Waals surface area contributed by atoms with Crippen molar-refractivity contribution in [1.82, 2.24) is 5.32 Å². The molecular weight excluding hydrogens is 464 g/mol. The SMILES string of the molecule is Cc1ccc(S(=O)(=O)N(CC(=O)NCCSCc2cccc(C)c2)c2cc(C)cc(C)c2)cc1. The molecule has 3 aromatic rings. The van der Waals surface area contributed by atoms with Crippen LogP contribution in [0.3, 0.4) is 0 Å². The molecule has 0 atom stereocenters. The Kier molecular flexibility index (Phi) is 8.80. The molecule has 0 aliphatic heterocycles. The molecule has 180 valence electrons. The molecule has 3 rings (SSSR count). The van der Waals surface area contributed by atoms with Gasteiger partial charge in [-0.25, -0.2) is 8.42 Å². The standard InChI is InChI=1S/C27H32N2O3S2/c1-20-8-10-26(11-9-20)34(31,32)29(25-16-22(3)14-23(4)17-25)18-27(30)28-12-13-33-19-24-7-5-6-21(2)15-24/h5-11,14-17H,12-13,18-19H2,1-4H3,(H,28,30). The summed E-state index contributed by atoms with van der Waals surface area (Å²) in [7, 11) is -3.91. The second kappa shape index (κ2) is 11.6. The molecule has 7 heteroatoms. The van der Waals surface area contributed by atoms with E-state index in [4.69, 9.17) is 0 Å². The van der Waals surface area contributed by atoms with Crippen molar-refractivity contribution in [2.75, 3.05) is 23.1 Å². The highest BCUT2D eigenvalue weighted by Gasteiger charge is 2.27. The van der Waals surface area contributed by atoms with Gasteiger partial charge in [0.05, 0.1) is 10.6 Å². The highest BCUT2D eigenvalue weighted by molar-refractivity contribution is 7.98. The minimum atomic E-state index is -3.91. The van der Waals surface area contributed by atoms with Gasteiger partial charge >= 0.3 is 0 Å². The number of nitrogens with zero attached hydrogens (tertiary/aromatic N) is 1. The summed E-state index contributed by atoms with van der Waals surface area (Å²) in [6.45, 7) is 8.00. The normalized spacial score (nSPS) is 11.3. The van der Waals surface area contributed by atoms with Gasteiger partial charge in [0, 0.05) is 18.1 Å². The first-order chi connectivity index (χ1) is 16.1. The Morgan fingerprint density at radius 2 is 1.53 bits per heavy atom. The van der Waals surface area contributed by atoms with E-state index in [2.05, 4.69) is 30.4 Å². The average molecular weight is 497 g/mol. The molecule has 5 nitrogen and oxygen atoms in total. The van der Waals surface area contributed by atoms with E-state index in [1.165, 1.54) is 15.4 Å². The zero-order valence-corrected chi connectivity index (χ0v) is 21.8. The lowest BCUT2D eigenvalue weighted by Crippen LogP contribution is -2.41. The predicted molar refractivity (Wildman–Crippen MR) is 142 cm³/mol. The number of amides is 1. The lowest BCUT2D eigenvalue weighted by Gasteiger charge is -2.25. The van der Waals surface area contributed by atoms with Crippen LogP contribution in [0.25, 0.3) is 0 Å². The number of carbonyl (C=O) groups excluding carboxylic acids is 1. The van der Waals surface area contributed by atoms with Crippen LogP contribution in [0.1, 0.15) is 27.8 Å². The molecule has 0 radical (unpaired) electrons. The molecular formula is C27H32N2O3S2. The zero-order chi connectivity index (χ0) is 24.7. The smallest absolute Gasteiger partial charge is 0.264 e. The van der Waals surface area contributed by atoms with Crippen LogP contribution < -0.4 is 9.62 Å². The molecule has 0 aromatic heterocycles. The third-order valence-electron chi connectivity index (χ3n) is 5.31. The molecule has 34 heavy (non-hydrogen) atoms. The average Bonchev–Trinajstić information content (AvgIpc) is 2.77. The second-order valence-electron chi connectivity index (χ2n) is 8.56. The van der Waals surface area contributed by atoms with Crippen LogP contribution in [0, 0.1) is 27.7 Å². The van der Waals surface area contributed by atoms with Gasteiger partial charge in [0.2, 0.25) is 5.91 Å². The van der Waals surface area contributed by atoms with Crippen LogP contribution in [0.5, 0.6) is 0 Å². The second-order valence-corrected chi connectivity index (χ2v) is 11.5. The Hall–Kier alpha value is -2.77. The summed E-state index contributed by atoms with van der Waals surface area (Å²) in [6.07, 6.45) is 0. The highest BCUT2D eigenvalue weighted by Crippen LogP contribution is 2.26. The number of hydrogen-bond donors (Lipinski definition) is 1. The molecule has 3 aromatic carbocycles. The summed E-state index contributed by atoms with van der Waals surface area (Å²) in [5.41, 5.74) is 5.81. The van der Waals surface area contributed by atoms with Crippen LogP contribution in [0.4, 0.5) is 5.69 Å². The van der Waals surface area contributed by atoms with Crippen LogP contribution >= 0.6 is 11.8 Å². The first-order valence-electron chi connectivity index (χ1n) is 11.2. The fraction of sp³-hybridized carbons (Fsp3) is 0.296. The van der Waals surface area contributed by atoms with Gasteiger partial charge in [-0.1, -0.05) is 53.6 Å². The molecule has 1 N–H and O–H groups in total. The molecule has 0 heterocycles. The van der Waals surface area contributed by atoms with Gasteiger partial charge in [0.25, 0.3) is 10.0 Å². The molecule has 0 saturated carbocycles. The molecule has 0 unspecified atom stereocenters. The minimum absolute atomic E-state index is 0.166. The maximum absolute atomic E-state index is 13.5. The van der Waals surface area contributed by atoms with Crippen molar-refractivity contribution >= 4 is 33.4 Å². The van der Waals surface area contributed by atoms with E-state index >= 15 is 0 Å². The van der Waals surface area contributed by atoms with Crippen molar-refractivity contribution in [2.45, 2.75) is 38.3 Å². The van der Waals surface area contributed by atoms with E-state index in [1.54, 1.807) is 48.2 Å². The van der Waals surface area contributed by atoms with E-state index in [0.717, 1.165) is 28.2 Å². The van der Waals surface area contributed by atoms with Crippen LogP contribution in [-0.2, 0) is 20.6 Å². The molecule has 0 spiro atoms. The topological polar surface area (TPSA) is 66.5 Å². The van der Waals surface area contributed by atoms with Crippen molar-refractivity contribution in [3.63, 3.8) is 0 Å². The van der Waals surface area contributed by atoms with Crippen molar-refractivity contribution in [2.24, 2.45) is 0 Å². The van der Waals surface area contributed by atoms with Gasteiger partial charge in [-0.2, -0.15) is 11.8 Å². The predicted octanol–water partition coefficient (Wildman–Crippen LogP) is 5.17. The van der Waals surface area contributed by atoms with Crippen LogP contribution in [0.15, 0.2) is 71.6 Å². The molecule has 0 fully saturated rings. The Balaban J connectivity index is 1.68. The first kappa shape index (κ1) is 25.8. The highest BCUT2D eigenvalue weighted by atomic mass is 32.2. The zero-order valence-electron chi connectivity index (χ0n) is 20.2. The first-order valence-corrected chi connectivity index (χ1v) is 13.8. The Bertz CT molecular complexity index is 1220.